The van der Waals surface area contributed by atoms with Gasteiger partial charge in [0.05, 0.1) is 18.6 Å². The summed E-state index contributed by atoms with van der Waals surface area (Å²) >= 11 is 0. The maximum Gasteiger partial charge on any atom is 0.311 e. The number of nitrogens with zero attached hydrogens (tertiary/aromatic N) is 1. The standard InChI is InChI=1S/C48H93NO5/c1-6-9-12-15-16-21-28-42-53-46(52)47(4,5)33-24-19-20-26-38-49(40-29-41-50)39-27-25-34-48(36-37-48)35-32-45(51)54-43-44(30-22-17-13-10-7-2)31-23-18-14-11-8-3/h44,50H,6-43H2,1-5H3. The molecule has 0 unspecified atom stereocenters. The smallest absolute Gasteiger partial charge is 0.311 e. The van der Waals surface area contributed by atoms with E-state index in [2.05, 4.69) is 25.7 Å². The summed E-state index contributed by atoms with van der Waals surface area (Å²) in [7, 11) is 0. The van der Waals surface area contributed by atoms with E-state index in [1.807, 2.05) is 13.8 Å². The predicted molar refractivity (Wildman–Crippen MR) is 230 cm³/mol. The zero-order valence-electron chi connectivity index (χ0n) is 37.0. The summed E-state index contributed by atoms with van der Waals surface area (Å²) in [4.78, 5) is 28.1. The molecule has 0 spiro atoms. The highest BCUT2D eigenvalue weighted by atomic mass is 16.5. The molecule has 320 valence electrons. The van der Waals surface area contributed by atoms with E-state index < -0.39 is 5.41 Å². The summed E-state index contributed by atoms with van der Waals surface area (Å²) in [6.45, 7) is 15.4. The van der Waals surface area contributed by atoms with Crippen molar-refractivity contribution in [2.24, 2.45) is 16.7 Å². The molecule has 1 fully saturated rings. The molecule has 54 heavy (non-hydrogen) atoms. The van der Waals surface area contributed by atoms with Crippen LogP contribution < -0.4 is 0 Å². The number of carbonyl (C=O) groups is 2. The van der Waals surface area contributed by atoms with Crippen molar-refractivity contribution >= 4 is 11.9 Å². The number of hydrogen-bond acceptors (Lipinski definition) is 6. The van der Waals surface area contributed by atoms with Gasteiger partial charge in [-0.1, -0.05) is 149 Å². The quantitative estimate of drug-likeness (QED) is 0.0494. The molecule has 1 saturated carbocycles. The second-order valence-corrected chi connectivity index (χ2v) is 18.1. The van der Waals surface area contributed by atoms with Crippen LogP contribution in [-0.4, -0.2) is 61.4 Å². The molecule has 6 nitrogen and oxygen atoms in total. The van der Waals surface area contributed by atoms with Crippen molar-refractivity contribution in [3.05, 3.63) is 0 Å². The van der Waals surface area contributed by atoms with Crippen LogP contribution in [0.1, 0.15) is 240 Å². The third kappa shape index (κ3) is 28.3. The molecule has 1 rings (SSSR count). The average Bonchev–Trinajstić information content (AvgIpc) is 3.94. The topological polar surface area (TPSA) is 76.1 Å². The summed E-state index contributed by atoms with van der Waals surface area (Å²) in [5.74, 6) is 0.529. The van der Waals surface area contributed by atoms with Crippen LogP contribution in [-0.2, 0) is 19.1 Å². The van der Waals surface area contributed by atoms with Gasteiger partial charge >= 0.3 is 11.9 Å². The molecule has 1 aliphatic carbocycles. The van der Waals surface area contributed by atoms with Crippen molar-refractivity contribution in [2.45, 2.75) is 240 Å². The fourth-order valence-corrected chi connectivity index (χ4v) is 8.08. The van der Waals surface area contributed by atoms with Crippen molar-refractivity contribution in [1.82, 2.24) is 4.90 Å². The van der Waals surface area contributed by atoms with Gasteiger partial charge in [-0.05, 0) is 109 Å². The van der Waals surface area contributed by atoms with E-state index >= 15 is 0 Å². The van der Waals surface area contributed by atoms with E-state index in [9.17, 15) is 14.7 Å². The third-order valence-corrected chi connectivity index (χ3v) is 12.4. The van der Waals surface area contributed by atoms with Gasteiger partial charge in [-0.25, -0.2) is 0 Å². The van der Waals surface area contributed by atoms with Crippen LogP contribution >= 0.6 is 0 Å². The minimum atomic E-state index is -0.406. The number of esters is 2. The monoisotopic (exact) mass is 764 g/mol. The lowest BCUT2D eigenvalue weighted by Crippen LogP contribution is -2.28. The predicted octanol–water partition coefficient (Wildman–Crippen LogP) is 13.6. The lowest BCUT2D eigenvalue weighted by atomic mass is 9.87. The number of ether oxygens (including phenoxy) is 2. The summed E-state index contributed by atoms with van der Waals surface area (Å²) in [5.41, 5.74) is -0.0297. The molecule has 1 N–H and O–H groups in total. The molecule has 0 radical (unpaired) electrons. The summed E-state index contributed by atoms with van der Waals surface area (Å²) in [6, 6.07) is 0. The molecule has 0 aliphatic heterocycles. The Labute approximate surface area is 336 Å². The second-order valence-electron chi connectivity index (χ2n) is 18.1. The number of aliphatic hydroxyl groups is 1. The Kier molecular flexibility index (Phi) is 32.0. The number of hydrogen-bond donors (Lipinski definition) is 1. The Balaban J connectivity index is 2.26. The van der Waals surface area contributed by atoms with Crippen LogP contribution in [0.4, 0.5) is 0 Å². The van der Waals surface area contributed by atoms with Gasteiger partial charge in [-0.2, -0.15) is 0 Å². The number of carbonyl (C=O) groups excluding carboxylic acids is 2. The van der Waals surface area contributed by atoms with Crippen LogP contribution in [0, 0.1) is 16.7 Å². The van der Waals surface area contributed by atoms with Crippen molar-refractivity contribution in [3.8, 4) is 0 Å². The fraction of sp³-hybridized carbons (Fsp3) is 0.958. The number of unbranched alkanes of at least 4 members (excludes halogenated alkanes) is 18. The highest BCUT2D eigenvalue weighted by Gasteiger charge is 2.41. The van der Waals surface area contributed by atoms with Crippen molar-refractivity contribution in [2.75, 3.05) is 39.5 Å². The molecular formula is C48H93NO5. The molecule has 0 amide bonds. The Hall–Kier alpha value is -1.14. The van der Waals surface area contributed by atoms with Crippen LogP contribution in [0.5, 0.6) is 0 Å². The molecule has 0 aromatic rings. The first kappa shape index (κ1) is 50.9. The second kappa shape index (κ2) is 33.9. The van der Waals surface area contributed by atoms with E-state index in [0.717, 1.165) is 64.6 Å². The van der Waals surface area contributed by atoms with Gasteiger partial charge < -0.3 is 19.5 Å². The van der Waals surface area contributed by atoms with Crippen molar-refractivity contribution < 1.29 is 24.2 Å². The van der Waals surface area contributed by atoms with Gasteiger partial charge in [0.1, 0.15) is 0 Å². The van der Waals surface area contributed by atoms with E-state index in [-0.39, 0.29) is 18.5 Å². The van der Waals surface area contributed by atoms with Crippen LogP contribution in [0.15, 0.2) is 0 Å². The van der Waals surface area contributed by atoms with Crippen molar-refractivity contribution in [1.29, 1.82) is 0 Å². The Bertz CT molecular complexity index is 857. The summed E-state index contributed by atoms with van der Waals surface area (Å²) in [5, 5.41) is 9.49. The Morgan fingerprint density at radius 3 is 1.69 bits per heavy atom. The lowest BCUT2D eigenvalue weighted by Gasteiger charge is -2.24. The van der Waals surface area contributed by atoms with Gasteiger partial charge in [0.2, 0.25) is 0 Å². The van der Waals surface area contributed by atoms with Gasteiger partial charge in [-0.15, -0.1) is 0 Å². The molecule has 0 saturated heterocycles. The SMILES string of the molecule is CCCCCCCCCOC(=O)C(C)(C)CCCCCCN(CCCO)CCCCC1(CCC(=O)OCC(CCCCCCC)CCCCCCC)CC1. The highest BCUT2D eigenvalue weighted by Crippen LogP contribution is 2.53. The maximum absolute atomic E-state index is 12.8. The molecule has 0 bridgehead atoms. The largest absolute Gasteiger partial charge is 0.465 e. The molecule has 0 atom stereocenters. The highest BCUT2D eigenvalue weighted by molar-refractivity contribution is 5.75. The minimum absolute atomic E-state index is 0.0284. The Morgan fingerprint density at radius 1 is 0.611 bits per heavy atom. The first-order chi connectivity index (χ1) is 26.2. The summed E-state index contributed by atoms with van der Waals surface area (Å²) in [6.07, 6.45) is 38.1. The molecular weight excluding hydrogens is 671 g/mol. The van der Waals surface area contributed by atoms with E-state index in [4.69, 9.17) is 9.47 Å². The van der Waals surface area contributed by atoms with Crippen molar-refractivity contribution in [3.63, 3.8) is 0 Å². The maximum atomic E-state index is 12.8. The normalized spacial score (nSPS) is 13.9. The van der Waals surface area contributed by atoms with Crippen LogP contribution in [0.2, 0.25) is 0 Å². The van der Waals surface area contributed by atoms with E-state index in [1.165, 1.54) is 154 Å². The van der Waals surface area contributed by atoms with Gasteiger partial charge in [0.25, 0.3) is 0 Å². The third-order valence-electron chi connectivity index (χ3n) is 12.4. The van der Waals surface area contributed by atoms with E-state index in [0.29, 0.717) is 31.0 Å². The van der Waals surface area contributed by atoms with E-state index in [1.54, 1.807) is 0 Å². The molecule has 0 aromatic carbocycles. The Morgan fingerprint density at radius 2 is 1.11 bits per heavy atom. The molecule has 0 aromatic heterocycles. The molecule has 0 heterocycles. The lowest BCUT2D eigenvalue weighted by molar-refractivity contribution is -0.154. The first-order valence-electron chi connectivity index (χ1n) is 23.9. The minimum Gasteiger partial charge on any atom is -0.465 e. The molecule has 6 heteroatoms. The number of rotatable bonds is 41. The van der Waals surface area contributed by atoms with Gasteiger partial charge in [0.15, 0.2) is 0 Å². The zero-order chi connectivity index (χ0) is 39.6. The molecule has 1 aliphatic rings. The summed E-state index contributed by atoms with van der Waals surface area (Å²) < 4.78 is 11.6. The van der Waals surface area contributed by atoms with Gasteiger partial charge in [0, 0.05) is 19.6 Å². The van der Waals surface area contributed by atoms with Gasteiger partial charge in [-0.3, -0.25) is 9.59 Å². The zero-order valence-corrected chi connectivity index (χ0v) is 37.0. The number of aliphatic hydroxyl groups excluding tert-OH is 1. The fourth-order valence-electron chi connectivity index (χ4n) is 8.08. The van der Waals surface area contributed by atoms with Crippen LogP contribution in [0.25, 0.3) is 0 Å². The first-order valence-corrected chi connectivity index (χ1v) is 23.9. The average molecular weight is 764 g/mol. The van der Waals surface area contributed by atoms with Crippen LogP contribution in [0.3, 0.4) is 0 Å².